The summed E-state index contributed by atoms with van der Waals surface area (Å²) in [6, 6.07) is 9.12. The number of nitrogens with one attached hydrogen (secondary N) is 2. The molecule has 1 saturated heterocycles. The van der Waals surface area contributed by atoms with E-state index in [1.165, 1.54) is 11.8 Å². The van der Waals surface area contributed by atoms with Gasteiger partial charge in [0.25, 0.3) is 0 Å². The molecule has 0 spiro atoms. The van der Waals surface area contributed by atoms with Crippen molar-refractivity contribution in [3.05, 3.63) is 40.7 Å². The summed E-state index contributed by atoms with van der Waals surface area (Å²) in [5, 5.41) is 16.0. The molecule has 1 saturated carbocycles. The van der Waals surface area contributed by atoms with Gasteiger partial charge in [-0.05, 0) is 37.1 Å². The molecule has 3 rings (SSSR count). The number of nitriles is 1. The first-order valence-corrected chi connectivity index (χ1v) is 9.58. The van der Waals surface area contributed by atoms with Gasteiger partial charge in [-0.2, -0.15) is 5.26 Å². The van der Waals surface area contributed by atoms with Crippen LogP contribution in [0.25, 0.3) is 0 Å². The zero-order valence-electron chi connectivity index (χ0n) is 13.5. The highest BCUT2D eigenvalue weighted by molar-refractivity contribution is 8.00. The largest absolute Gasteiger partial charge is 0.367 e. The van der Waals surface area contributed by atoms with Crippen molar-refractivity contribution < 1.29 is 9.59 Å². The fourth-order valence-corrected chi connectivity index (χ4v) is 4.10. The van der Waals surface area contributed by atoms with Crippen LogP contribution in [0.4, 0.5) is 0 Å². The fraction of sp³-hybridized carbons (Fsp3) is 0.389. The lowest BCUT2D eigenvalue weighted by Gasteiger charge is -2.37. The van der Waals surface area contributed by atoms with E-state index in [9.17, 15) is 14.9 Å². The van der Waals surface area contributed by atoms with Crippen LogP contribution in [0, 0.1) is 17.2 Å². The van der Waals surface area contributed by atoms with Crippen LogP contribution in [0.3, 0.4) is 0 Å². The predicted molar refractivity (Wildman–Crippen MR) is 96.8 cm³/mol. The van der Waals surface area contributed by atoms with Gasteiger partial charge in [0.15, 0.2) is 5.78 Å². The molecular formula is C18H18ClN3O2S. The van der Waals surface area contributed by atoms with Gasteiger partial charge in [-0.25, -0.2) is 0 Å². The predicted octanol–water partition coefficient (Wildman–Crippen LogP) is 3.01. The Labute approximate surface area is 155 Å². The van der Waals surface area contributed by atoms with Crippen molar-refractivity contribution >= 4 is 35.1 Å². The van der Waals surface area contributed by atoms with Crippen LogP contribution in [-0.4, -0.2) is 23.5 Å². The maximum atomic E-state index is 12.5. The lowest BCUT2D eigenvalue weighted by Crippen LogP contribution is -2.55. The Morgan fingerprint density at radius 1 is 1.28 bits per heavy atom. The van der Waals surface area contributed by atoms with Gasteiger partial charge >= 0.3 is 0 Å². The first-order valence-electron chi connectivity index (χ1n) is 8.22. The molecule has 1 aliphatic heterocycles. The number of Topliss-reactive ketones (excluding diaryl/α,β-unsaturated/α-hetero) is 1. The highest BCUT2D eigenvalue weighted by atomic mass is 35.5. The number of hydrogen-bond acceptors (Lipinski definition) is 5. The molecule has 2 fully saturated rings. The number of rotatable bonds is 4. The molecule has 7 heteroatoms. The van der Waals surface area contributed by atoms with E-state index in [0.29, 0.717) is 5.02 Å². The highest BCUT2D eigenvalue weighted by Gasteiger charge is 2.37. The number of fused-ring (bicyclic) bond motifs is 1. The molecule has 2 N–H and O–H groups in total. The number of nitrogens with zero attached hydrogens (tertiary/aromatic N) is 1. The van der Waals surface area contributed by atoms with Gasteiger partial charge in [0.05, 0.1) is 11.7 Å². The standard InChI is InChI=1S/C18H18ClN3O2S/c19-11-5-7-12(8-6-11)25-10-16(23)14(9-20)17-21-15-4-2-1-3-13(15)18(24)22-17/h5-8,13,15,21H,1-4,10H2,(H,22,24)/b17-14-. The van der Waals surface area contributed by atoms with E-state index in [2.05, 4.69) is 10.6 Å². The number of carbonyl (C=O) groups excluding carboxylic acids is 2. The van der Waals surface area contributed by atoms with Crippen molar-refractivity contribution in [3.8, 4) is 6.07 Å². The lowest BCUT2D eigenvalue weighted by molar-refractivity contribution is -0.127. The highest BCUT2D eigenvalue weighted by Crippen LogP contribution is 2.28. The summed E-state index contributed by atoms with van der Waals surface area (Å²) in [5.41, 5.74) is -0.0150. The number of carbonyl (C=O) groups is 2. The fourth-order valence-electron chi connectivity index (χ4n) is 3.20. The minimum atomic E-state index is -0.306. The molecule has 2 aliphatic rings. The zero-order valence-corrected chi connectivity index (χ0v) is 15.1. The molecule has 25 heavy (non-hydrogen) atoms. The molecule has 1 heterocycles. The normalized spacial score (nSPS) is 24.4. The number of thioether (sulfide) groups is 1. The molecule has 2 unspecified atom stereocenters. The topological polar surface area (TPSA) is 82.0 Å². The molecule has 1 aliphatic carbocycles. The number of hydrogen-bond donors (Lipinski definition) is 2. The quantitative estimate of drug-likeness (QED) is 0.480. The van der Waals surface area contributed by atoms with Crippen molar-refractivity contribution in [3.63, 3.8) is 0 Å². The number of allylic oxidation sites excluding steroid dienone is 1. The molecule has 5 nitrogen and oxygen atoms in total. The summed E-state index contributed by atoms with van der Waals surface area (Å²) in [4.78, 5) is 25.6. The summed E-state index contributed by atoms with van der Waals surface area (Å²) in [6.45, 7) is 0. The summed E-state index contributed by atoms with van der Waals surface area (Å²) in [6.07, 6.45) is 3.82. The first kappa shape index (κ1) is 17.8. The number of amides is 1. The van der Waals surface area contributed by atoms with Crippen molar-refractivity contribution in [1.82, 2.24) is 10.6 Å². The monoisotopic (exact) mass is 375 g/mol. The van der Waals surface area contributed by atoms with Crippen molar-refractivity contribution in [2.45, 2.75) is 36.6 Å². The average Bonchev–Trinajstić information content (AvgIpc) is 2.62. The maximum Gasteiger partial charge on any atom is 0.230 e. The van der Waals surface area contributed by atoms with Crippen LogP contribution in [0.5, 0.6) is 0 Å². The Morgan fingerprint density at radius 2 is 2.00 bits per heavy atom. The summed E-state index contributed by atoms with van der Waals surface area (Å²) in [7, 11) is 0. The van der Waals surface area contributed by atoms with Gasteiger partial charge in [0.2, 0.25) is 5.91 Å². The summed E-state index contributed by atoms with van der Waals surface area (Å²) < 4.78 is 0. The molecule has 130 valence electrons. The maximum absolute atomic E-state index is 12.5. The van der Waals surface area contributed by atoms with E-state index in [-0.39, 0.29) is 40.8 Å². The van der Waals surface area contributed by atoms with Crippen LogP contribution in [-0.2, 0) is 9.59 Å². The average molecular weight is 376 g/mol. The molecule has 0 radical (unpaired) electrons. The molecule has 0 aromatic heterocycles. The summed E-state index contributed by atoms with van der Waals surface area (Å²) in [5.74, 6) is -0.0862. The second-order valence-electron chi connectivity index (χ2n) is 6.16. The smallest absolute Gasteiger partial charge is 0.230 e. The Hall–Kier alpha value is -1.97. The van der Waals surface area contributed by atoms with E-state index in [1.807, 2.05) is 18.2 Å². The SMILES string of the molecule is N#C/C(C(=O)CSc1ccc(Cl)cc1)=C1/NC(=O)C2CCCCC2N1. The van der Waals surface area contributed by atoms with Crippen molar-refractivity contribution in [2.24, 2.45) is 5.92 Å². The van der Waals surface area contributed by atoms with Crippen LogP contribution in [0.1, 0.15) is 25.7 Å². The second kappa shape index (κ2) is 7.94. The molecule has 0 bridgehead atoms. The van der Waals surface area contributed by atoms with E-state index in [1.54, 1.807) is 12.1 Å². The second-order valence-corrected chi connectivity index (χ2v) is 7.64. The van der Waals surface area contributed by atoms with Gasteiger partial charge in [-0.15, -0.1) is 11.8 Å². The van der Waals surface area contributed by atoms with E-state index < -0.39 is 0 Å². The van der Waals surface area contributed by atoms with Crippen LogP contribution in [0.15, 0.2) is 40.6 Å². The van der Waals surface area contributed by atoms with Crippen molar-refractivity contribution in [1.29, 1.82) is 5.26 Å². The van der Waals surface area contributed by atoms with Gasteiger partial charge in [-0.3, -0.25) is 9.59 Å². The Morgan fingerprint density at radius 3 is 2.72 bits per heavy atom. The number of halogens is 1. The van der Waals surface area contributed by atoms with Crippen LogP contribution < -0.4 is 10.6 Å². The Bertz CT molecular complexity index is 755. The number of benzene rings is 1. The lowest BCUT2D eigenvalue weighted by atomic mass is 9.82. The molecule has 1 amide bonds. The molecule has 1 aromatic rings. The minimum Gasteiger partial charge on any atom is -0.367 e. The van der Waals surface area contributed by atoms with E-state index >= 15 is 0 Å². The minimum absolute atomic E-state index is 0.0116. The van der Waals surface area contributed by atoms with Gasteiger partial charge in [-0.1, -0.05) is 24.4 Å². The zero-order chi connectivity index (χ0) is 17.8. The van der Waals surface area contributed by atoms with E-state index in [0.717, 1.165) is 30.6 Å². The molecular weight excluding hydrogens is 358 g/mol. The van der Waals surface area contributed by atoms with Gasteiger partial charge in [0.1, 0.15) is 17.5 Å². The van der Waals surface area contributed by atoms with Gasteiger partial charge < -0.3 is 10.6 Å². The van der Waals surface area contributed by atoms with Crippen LogP contribution >= 0.6 is 23.4 Å². The van der Waals surface area contributed by atoms with Gasteiger partial charge in [0, 0.05) is 16.0 Å². The molecule has 1 aromatic carbocycles. The third kappa shape index (κ3) is 4.17. The molecule has 2 atom stereocenters. The first-order chi connectivity index (χ1) is 12.1. The van der Waals surface area contributed by atoms with E-state index in [4.69, 9.17) is 11.6 Å². The Kier molecular flexibility index (Phi) is 5.67. The number of ketones is 1. The van der Waals surface area contributed by atoms with Crippen molar-refractivity contribution in [2.75, 3.05) is 5.75 Å². The third-order valence-electron chi connectivity index (χ3n) is 4.50. The Balaban J connectivity index is 1.70. The third-order valence-corrected chi connectivity index (χ3v) is 5.77. The van der Waals surface area contributed by atoms with Crippen LogP contribution in [0.2, 0.25) is 5.02 Å². The summed E-state index contributed by atoms with van der Waals surface area (Å²) >= 11 is 7.18.